The second kappa shape index (κ2) is 8.51. The largest absolute Gasteiger partial charge is 0.445 e. The predicted octanol–water partition coefficient (Wildman–Crippen LogP) is 4.82. The highest BCUT2D eigenvalue weighted by atomic mass is 35.5. The number of amides is 1. The average molecular weight is 394 g/mol. The molecular formula is C17H16ClN3O2S2. The van der Waals surface area contributed by atoms with Gasteiger partial charge in [-0.3, -0.25) is 4.79 Å². The Morgan fingerprint density at radius 2 is 2.24 bits per heavy atom. The van der Waals surface area contributed by atoms with Crippen molar-refractivity contribution < 1.29 is 9.21 Å². The number of benzene rings is 1. The van der Waals surface area contributed by atoms with Gasteiger partial charge in [-0.15, -0.1) is 11.8 Å². The molecule has 0 aliphatic carbocycles. The molecule has 0 radical (unpaired) electrons. The van der Waals surface area contributed by atoms with E-state index < -0.39 is 0 Å². The molecule has 0 saturated carbocycles. The van der Waals surface area contributed by atoms with Gasteiger partial charge in [0, 0.05) is 11.4 Å². The van der Waals surface area contributed by atoms with Crippen LogP contribution < -0.4 is 5.32 Å². The molecule has 25 heavy (non-hydrogen) atoms. The van der Waals surface area contributed by atoms with E-state index in [0.29, 0.717) is 21.8 Å². The Labute approximate surface area is 158 Å². The van der Waals surface area contributed by atoms with E-state index in [1.165, 1.54) is 11.3 Å². The summed E-state index contributed by atoms with van der Waals surface area (Å²) in [6, 6.07) is 7.26. The Bertz CT molecular complexity index is 863. The molecule has 2 heterocycles. The highest BCUT2D eigenvalue weighted by Gasteiger charge is 2.10. The number of aromatic nitrogens is 2. The first-order chi connectivity index (χ1) is 12.1. The number of nitrogens with one attached hydrogen (secondary N) is 1. The lowest BCUT2D eigenvalue weighted by molar-refractivity contribution is -0.115. The first-order valence-electron chi connectivity index (χ1n) is 7.69. The molecule has 8 heteroatoms. The van der Waals surface area contributed by atoms with Crippen LogP contribution in [0, 0.1) is 0 Å². The van der Waals surface area contributed by atoms with Gasteiger partial charge in [-0.25, -0.2) is 9.97 Å². The second-order valence-electron chi connectivity index (χ2n) is 5.20. The van der Waals surface area contributed by atoms with Gasteiger partial charge in [0.15, 0.2) is 5.13 Å². The molecule has 0 aliphatic heterocycles. The molecule has 0 spiro atoms. The van der Waals surface area contributed by atoms with Crippen molar-refractivity contribution in [3.63, 3.8) is 0 Å². The van der Waals surface area contributed by atoms with Crippen LogP contribution in [0.2, 0.25) is 5.02 Å². The molecule has 3 aromatic rings. The van der Waals surface area contributed by atoms with Gasteiger partial charge in [-0.2, -0.15) is 0 Å². The second-order valence-corrected chi connectivity index (χ2v) is 7.94. The molecule has 1 N–H and O–H groups in total. The third-order valence-corrected chi connectivity index (χ3v) is 5.60. The number of hydrogen-bond acceptors (Lipinski definition) is 6. The van der Waals surface area contributed by atoms with E-state index in [-0.39, 0.29) is 12.3 Å². The number of anilines is 1. The number of nitrogens with zero attached hydrogens (tertiary/aromatic N) is 2. The molecule has 130 valence electrons. The zero-order chi connectivity index (χ0) is 17.6. The minimum atomic E-state index is -0.117. The maximum absolute atomic E-state index is 12.1. The standard InChI is InChI=1S/C17H16ClN3O2S2/c1-2-13-8-19-15(23-13)10-24-16-9-20-17(25-16)21-14(22)7-11-4-3-5-12(18)6-11/h3-6,8-9H,2,7,10H2,1H3,(H,20,21,22). The summed E-state index contributed by atoms with van der Waals surface area (Å²) in [5, 5.41) is 4.02. The van der Waals surface area contributed by atoms with Crippen molar-refractivity contribution in [3.8, 4) is 0 Å². The number of aryl methyl sites for hydroxylation is 1. The van der Waals surface area contributed by atoms with Crippen LogP contribution in [0.3, 0.4) is 0 Å². The quantitative estimate of drug-likeness (QED) is 0.583. The Morgan fingerprint density at radius 1 is 1.36 bits per heavy atom. The lowest BCUT2D eigenvalue weighted by Crippen LogP contribution is -2.14. The molecule has 1 amide bonds. The van der Waals surface area contributed by atoms with E-state index in [0.717, 1.165) is 22.0 Å². The van der Waals surface area contributed by atoms with E-state index >= 15 is 0 Å². The summed E-state index contributed by atoms with van der Waals surface area (Å²) in [5.41, 5.74) is 0.867. The summed E-state index contributed by atoms with van der Waals surface area (Å²) in [6.45, 7) is 2.03. The molecule has 0 fully saturated rings. The van der Waals surface area contributed by atoms with Gasteiger partial charge < -0.3 is 9.73 Å². The van der Waals surface area contributed by atoms with Crippen LogP contribution in [0.15, 0.2) is 45.3 Å². The molecule has 2 aromatic heterocycles. The summed E-state index contributed by atoms with van der Waals surface area (Å²) < 4.78 is 6.57. The highest BCUT2D eigenvalue weighted by molar-refractivity contribution is 8.00. The van der Waals surface area contributed by atoms with Gasteiger partial charge in [-0.1, -0.05) is 42.0 Å². The molecule has 5 nitrogen and oxygen atoms in total. The van der Waals surface area contributed by atoms with E-state index in [2.05, 4.69) is 15.3 Å². The van der Waals surface area contributed by atoms with Crippen LogP contribution in [0.4, 0.5) is 5.13 Å². The highest BCUT2D eigenvalue weighted by Crippen LogP contribution is 2.30. The third-order valence-electron chi connectivity index (χ3n) is 3.27. The van der Waals surface area contributed by atoms with E-state index in [4.69, 9.17) is 16.0 Å². The van der Waals surface area contributed by atoms with E-state index in [1.807, 2.05) is 19.1 Å². The van der Waals surface area contributed by atoms with Crippen molar-refractivity contribution >= 4 is 45.7 Å². The number of oxazole rings is 1. The van der Waals surface area contributed by atoms with Gasteiger partial charge >= 0.3 is 0 Å². The Balaban J connectivity index is 1.51. The molecule has 0 unspecified atom stereocenters. The van der Waals surface area contributed by atoms with Crippen molar-refractivity contribution in [2.45, 2.75) is 29.7 Å². The van der Waals surface area contributed by atoms with Crippen molar-refractivity contribution in [2.24, 2.45) is 0 Å². The average Bonchev–Trinajstić information content (AvgIpc) is 3.21. The molecule has 1 aromatic carbocycles. The number of carbonyl (C=O) groups excluding carboxylic acids is 1. The number of hydrogen-bond donors (Lipinski definition) is 1. The number of rotatable bonds is 7. The maximum atomic E-state index is 12.1. The number of thioether (sulfide) groups is 1. The number of carbonyl (C=O) groups is 1. The fourth-order valence-electron chi connectivity index (χ4n) is 2.09. The van der Waals surface area contributed by atoms with Crippen LogP contribution in [-0.4, -0.2) is 15.9 Å². The van der Waals surface area contributed by atoms with Gasteiger partial charge in [0.2, 0.25) is 11.8 Å². The van der Waals surface area contributed by atoms with E-state index in [9.17, 15) is 4.79 Å². The predicted molar refractivity (Wildman–Crippen MR) is 101 cm³/mol. The first-order valence-corrected chi connectivity index (χ1v) is 9.87. The maximum Gasteiger partial charge on any atom is 0.230 e. The molecule has 0 bridgehead atoms. The van der Waals surface area contributed by atoms with Crippen molar-refractivity contribution in [3.05, 3.63) is 58.9 Å². The number of halogens is 1. The topological polar surface area (TPSA) is 68.0 Å². The first kappa shape index (κ1) is 18.0. The SMILES string of the molecule is CCc1cnc(CSc2cnc(NC(=O)Cc3cccc(Cl)c3)s2)o1. The minimum Gasteiger partial charge on any atom is -0.445 e. The van der Waals surface area contributed by atoms with Crippen molar-refractivity contribution in [2.75, 3.05) is 5.32 Å². The monoisotopic (exact) mass is 393 g/mol. The summed E-state index contributed by atoms with van der Waals surface area (Å²) in [7, 11) is 0. The van der Waals surface area contributed by atoms with Gasteiger partial charge in [-0.05, 0) is 17.7 Å². The molecular weight excluding hydrogens is 378 g/mol. The summed E-state index contributed by atoms with van der Waals surface area (Å²) in [5.74, 6) is 2.10. The summed E-state index contributed by atoms with van der Waals surface area (Å²) >= 11 is 8.94. The molecule has 0 atom stereocenters. The van der Waals surface area contributed by atoms with Crippen molar-refractivity contribution in [1.29, 1.82) is 0 Å². The smallest absolute Gasteiger partial charge is 0.230 e. The fourth-order valence-corrected chi connectivity index (χ4v) is 4.05. The Morgan fingerprint density at radius 3 is 3.00 bits per heavy atom. The molecule has 0 saturated heterocycles. The Hall–Kier alpha value is -1.83. The number of thiazole rings is 1. The zero-order valence-corrected chi connectivity index (χ0v) is 15.9. The van der Waals surface area contributed by atoms with E-state index in [1.54, 1.807) is 36.3 Å². The van der Waals surface area contributed by atoms with Crippen LogP contribution in [0.5, 0.6) is 0 Å². The van der Waals surface area contributed by atoms with Gasteiger partial charge in [0.25, 0.3) is 0 Å². The van der Waals surface area contributed by atoms with Crippen LogP contribution in [0.1, 0.15) is 24.1 Å². The fraction of sp³-hybridized carbons (Fsp3) is 0.235. The normalized spacial score (nSPS) is 10.8. The van der Waals surface area contributed by atoms with Crippen LogP contribution >= 0.6 is 34.7 Å². The van der Waals surface area contributed by atoms with Crippen LogP contribution in [-0.2, 0) is 23.4 Å². The Kier molecular flexibility index (Phi) is 6.12. The van der Waals surface area contributed by atoms with Gasteiger partial charge in [0.05, 0.1) is 28.8 Å². The lowest BCUT2D eigenvalue weighted by Gasteiger charge is -2.02. The van der Waals surface area contributed by atoms with Gasteiger partial charge in [0.1, 0.15) is 5.76 Å². The lowest BCUT2D eigenvalue weighted by atomic mass is 10.1. The summed E-state index contributed by atoms with van der Waals surface area (Å²) in [4.78, 5) is 20.6. The molecule has 3 rings (SSSR count). The molecule has 0 aliphatic rings. The van der Waals surface area contributed by atoms with Crippen LogP contribution in [0.25, 0.3) is 0 Å². The van der Waals surface area contributed by atoms with Crippen molar-refractivity contribution in [1.82, 2.24) is 9.97 Å². The zero-order valence-electron chi connectivity index (χ0n) is 13.5. The third kappa shape index (κ3) is 5.32. The summed E-state index contributed by atoms with van der Waals surface area (Å²) in [6.07, 6.45) is 4.60. The minimum absolute atomic E-state index is 0.117.